The lowest BCUT2D eigenvalue weighted by Gasteiger charge is -2.26. The zero-order valence-electron chi connectivity index (χ0n) is 20.9. The summed E-state index contributed by atoms with van der Waals surface area (Å²) in [6.07, 6.45) is 1.66. The van der Waals surface area contributed by atoms with Crippen molar-refractivity contribution in [1.29, 1.82) is 0 Å². The molecular weight excluding hydrogens is 468 g/mol. The van der Waals surface area contributed by atoms with Gasteiger partial charge < -0.3 is 24.5 Å². The fourth-order valence-corrected chi connectivity index (χ4v) is 4.77. The molecule has 1 aliphatic heterocycles. The van der Waals surface area contributed by atoms with Gasteiger partial charge in [0.1, 0.15) is 17.3 Å². The van der Waals surface area contributed by atoms with Crippen LogP contribution in [0, 0.1) is 0 Å². The second-order valence-corrected chi connectivity index (χ2v) is 9.26. The Labute approximate surface area is 214 Å². The molecule has 1 aromatic heterocycles. The van der Waals surface area contributed by atoms with Crippen LogP contribution < -0.4 is 9.47 Å². The Hall–Kier alpha value is -4.52. The summed E-state index contributed by atoms with van der Waals surface area (Å²) in [6.45, 7) is 4.05. The van der Waals surface area contributed by atoms with E-state index >= 15 is 0 Å². The van der Waals surface area contributed by atoms with Crippen molar-refractivity contribution < 1.29 is 24.2 Å². The molecule has 188 valence electrons. The largest absolute Gasteiger partial charge is 0.507 e. The number of hydrogen-bond donors (Lipinski definition) is 2. The summed E-state index contributed by atoms with van der Waals surface area (Å²) in [4.78, 5) is 31.4. The highest BCUT2D eigenvalue weighted by Gasteiger charge is 2.46. The monoisotopic (exact) mass is 496 g/mol. The van der Waals surface area contributed by atoms with Gasteiger partial charge >= 0.3 is 0 Å². The summed E-state index contributed by atoms with van der Waals surface area (Å²) < 4.78 is 11.1. The summed E-state index contributed by atoms with van der Waals surface area (Å²) in [5.41, 5.74) is 2.84. The average molecular weight is 497 g/mol. The number of H-pyrrole nitrogens is 1. The number of Topliss-reactive ketones (excluding diaryl/α,β-unsaturated/α-hetero) is 1. The predicted octanol–water partition coefficient (Wildman–Crippen LogP) is 5.59. The third-order valence-electron chi connectivity index (χ3n) is 6.44. The number of fused-ring (bicyclic) bond motifs is 1. The lowest BCUT2D eigenvalue weighted by atomic mass is 9.95. The van der Waals surface area contributed by atoms with Gasteiger partial charge in [0.25, 0.3) is 11.7 Å². The Morgan fingerprint density at radius 3 is 2.49 bits per heavy atom. The maximum absolute atomic E-state index is 13.4. The zero-order chi connectivity index (χ0) is 26.1. The molecule has 0 aliphatic carbocycles. The molecule has 0 bridgehead atoms. The number of aromatic nitrogens is 1. The maximum Gasteiger partial charge on any atom is 0.295 e. The number of ketones is 1. The second kappa shape index (κ2) is 9.85. The van der Waals surface area contributed by atoms with Gasteiger partial charge in [-0.3, -0.25) is 9.59 Å². The predicted molar refractivity (Wildman–Crippen MR) is 141 cm³/mol. The highest BCUT2D eigenvalue weighted by Crippen LogP contribution is 2.41. The van der Waals surface area contributed by atoms with Crippen LogP contribution in [-0.2, 0) is 16.1 Å². The van der Waals surface area contributed by atoms with Crippen LogP contribution in [0.3, 0.4) is 0 Å². The second-order valence-electron chi connectivity index (χ2n) is 9.26. The third kappa shape index (κ3) is 4.56. The molecule has 0 saturated carbocycles. The molecule has 4 aromatic rings. The summed E-state index contributed by atoms with van der Waals surface area (Å²) in [5.74, 6) is -0.272. The molecule has 37 heavy (non-hydrogen) atoms. The van der Waals surface area contributed by atoms with Crippen LogP contribution in [0.25, 0.3) is 16.7 Å². The third-order valence-corrected chi connectivity index (χ3v) is 6.44. The van der Waals surface area contributed by atoms with E-state index in [1.807, 2.05) is 86.6 Å². The molecule has 1 unspecified atom stereocenters. The van der Waals surface area contributed by atoms with Crippen molar-refractivity contribution in [3.63, 3.8) is 0 Å². The van der Waals surface area contributed by atoms with Crippen molar-refractivity contribution in [2.75, 3.05) is 7.11 Å². The quantitative estimate of drug-likeness (QED) is 0.198. The van der Waals surface area contributed by atoms with Gasteiger partial charge in [0.05, 0.1) is 24.8 Å². The number of aliphatic hydroxyl groups excluding tert-OH is 1. The number of nitrogens with one attached hydrogen (secondary N) is 1. The molecule has 5 rings (SSSR count). The fourth-order valence-electron chi connectivity index (χ4n) is 4.77. The molecular formula is C30H28N2O5. The van der Waals surface area contributed by atoms with Crippen molar-refractivity contribution in [2.24, 2.45) is 0 Å². The molecule has 1 amide bonds. The van der Waals surface area contributed by atoms with Crippen LogP contribution in [0.15, 0.2) is 84.6 Å². The molecule has 2 heterocycles. The summed E-state index contributed by atoms with van der Waals surface area (Å²) in [5, 5.41) is 12.2. The van der Waals surface area contributed by atoms with E-state index in [2.05, 4.69) is 4.98 Å². The number of methoxy groups -OCH3 is 1. The molecule has 7 nitrogen and oxygen atoms in total. The zero-order valence-corrected chi connectivity index (χ0v) is 20.9. The molecule has 1 aliphatic rings. The van der Waals surface area contributed by atoms with Gasteiger partial charge in [-0.05, 0) is 55.3 Å². The van der Waals surface area contributed by atoms with Gasteiger partial charge in [0.15, 0.2) is 0 Å². The van der Waals surface area contributed by atoms with Gasteiger partial charge in [-0.15, -0.1) is 0 Å². The Bertz CT molecular complexity index is 1500. The highest BCUT2D eigenvalue weighted by atomic mass is 16.5. The van der Waals surface area contributed by atoms with E-state index < -0.39 is 17.7 Å². The standard InChI is InChI=1S/C30H28N2O5/c1-18(2)37-21-13-11-20(12-14-21)27-26(28(33)24-16-31-25-10-5-4-9-23(24)25)29(34)30(35)32(27)17-19-7-6-8-22(15-19)36-3/h4-16,18,27,31,33H,17H2,1-3H3/b28-26-. The molecule has 2 N–H and O–H groups in total. The first-order valence-electron chi connectivity index (χ1n) is 12.1. The number of amides is 1. The van der Waals surface area contributed by atoms with E-state index in [1.165, 1.54) is 4.90 Å². The molecule has 1 atom stereocenters. The van der Waals surface area contributed by atoms with Crippen molar-refractivity contribution in [3.05, 3.63) is 101 Å². The van der Waals surface area contributed by atoms with Crippen LogP contribution in [-0.4, -0.2) is 39.9 Å². The van der Waals surface area contributed by atoms with Crippen LogP contribution in [0.1, 0.15) is 36.6 Å². The van der Waals surface area contributed by atoms with E-state index in [0.717, 1.165) is 16.5 Å². The number of aliphatic hydroxyl groups is 1. The highest BCUT2D eigenvalue weighted by molar-refractivity contribution is 6.46. The number of carbonyl (C=O) groups is 2. The fraction of sp³-hybridized carbons (Fsp3) is 0.200. The lowest BCUT2D eigenvalue weighted by Crippen LogP contribution is -2.29. The summed E-state index contributed by atoms with van der Waals surface area (Å²) in [6, 6.07) is 21.4. The Kier molecular flexibility index (Phi) is 6.44. The maximum atomic E-state index is 13.4. The average Bonchev–Trinajstić information content (AvgIpc) is 3.44. The normalized spacial score (nSPS) is 17.1. The number of para-hydroxylation sites is 1. The Balaban J connectivity index is 1.64. The number of aromatic amines is 1. The molecule has 7 heteroatoms. The molecule has 1 saturated heterocycles. The summed E-state index contributed by atoms with van der Waals surface area (Å²) in [7, 11) is 1.58. The Morgan fingerprint density at radius 1 is 1.00 bits per heavy atom. The number of carbonyl (C=O) groups excluding carboxylic acids is 2. The first-order chi connectivity index (χ1) is 17.9. The number of ether oxygens (including phenoxy) is 2. The lowest BCUT2D eigenvalue weighted by molar-refractivity contribution is -0.140. The minimum Gasteiger partial charge on any atom is -0.507 e. The van der Waals surface area contributed by atoms with Crippen molar-refractivity contribution in [2.45, 2.75) is 32.5 Å². The first-order valence-corrected chi connectivity index (χ1v) is 12.1. The minimum absolute atomic E-state index is 0.00594. The molecule has 1 fully saturated rings. The molecule has 0 spiro atoms. The van der Waals surface area contributed by atoms with E-state index in [4.69, 9.17) is 9.47 Å². The van der Waals surface area contributed by atoms with Crippen LogP contribution in [0.4, 0.5) is 0 Å². The minimum atomic E-state index is -0.784. The van der Waals surface area contributed by atoms with Crippen molar-refractivity contribution in [1.82, 2.24) is 9.88 Å². The van der Waals surface area contributed by atoms with Gasteiger partial charge in [-0.1, -0.05) is 42.5 Å². The number of hydrogen-bond acceptors (Lipinski definition) is 5. The Morgan fingerprint density at radius 2 is 1.76 bits per heavy atom. The van der Waals surface area contributed by atoms with E-state index in [-0.39, 0.29) is 24.0 Å². The topological polar surface area (TPSA) is 91.9 Å². The van der Waals surface area contributed by atoms with E-state index in [1.54, 1.807) is 13.3 Å². The van der Waals surface area contributed by atoms with E-state index in [9.17, 15) is 14.7 Å². The van der Waals surface area contributed by atoms with Crippen molar-refractivity contribution in [3.8, 4) is 11.5 Å². The van der Waals surface area contributed by atoms with Gasteiger partial charge in [-0.2, -0.15) is 0 Å². The number of benzene rings is 3. The smallest absolute Gasteiger partial charge is 0.295 e. The number of nitrogens with zero attached hydrogens (tertiary/aromatic N) is 1. The van der Waals surface area contributed by atoms with Crippen LogP contribution in [0.5, 0.6) is 11.5 Å². The first kappa shape index (κ1) is 24.2. The SMILES string of the molecule is COc1cccc(CN2C(=O)C(=O)/C(=C(\O)c3c[nH]c4ccccc34)C2c2ccc(OC(C)C)cc2)c1. The van der Waals surface area contributed by atoms with Gasteiger partial charge in [0, 0.05) is 29.2 Å². The van der Waals surface area contributed by atoms with E-state index in [0.29, 0.717) is 22.6 Å². The molecule has 3 aromatic carbocycles. The van der Waals surface area contributed by atoms with Crippen molar-refractivity contribution >= 4 is 28.4 Å². The van der Waals surface area contributed by atoms with Crippen LogP contribution in [0.2, 0.25) is 0 Å². The number of likely N-dealkylation sites (tertiary alicyclic amines) is 1. The van der Waals surface area contributed by atoms with Crippen LogP contribution >= 0.6 is 0 Å². The van der Waals surface area contributed by atoms with Gasteiger partial charge in [0.2, 0.25) is 0 Å². The molecule has 0 radical (unpaired) electrons. The van der Waals surface area contributed by atoms with Gasteiger partial charge in [-0.25, -0.2) is 0 Å². The summed E-state index contributed by atoms with van der Waals surface area (Å²) >= 11 is 0. The number of rotatable bonds is 7.